The molecule has 0 unspecified atom stereocenters. The number of hydrogen-bond donors (Lipinski definition) is 1. The summed E-state index contributed by atoms with van der Waals surface area (Å²) in [5.74, 6) is -0.356. The van der Waals surface area contributed by atoms with Crippen LogP contribution in [0.1, 0.15) is 22.3 Å². The average molecular weight is 427 g/mol. The molecular weight excluding hydrogens is 400 g/mol. The lowest BCUT2D eigenvalue weighted by Gasteiger charge is -2.17. The van der Waals surface area contributed by atoms with Crippen molar-refractivity contribution in [2.24, 2.45) is 0 Å². The highest BCUT2D eigenvalue weighted by atomic mass is 32.2. The van der Waals surface area contributed by atoms with E-state index in [1.165, 1.54) is 7.05 Å². The molecule has 0 aliphatic carbocycles. The fraction of sp³-hybridized carbons (Fsp3) is 0.273. The van der Waals surface area contributed by atoms with Crippen LogP contribution in [-0.4, -0.2) is 42.0 Å². The number of nitrogens with zero attached hydrogens (tertiary/aromatic N) is 3. The number of carbonyl (C=O) groups excluding carboxylic acids is 1. The number of likely N-dealkylation sites (N-methyl/N-ethyl adjacent to an activating group) is 1. The Morgan fingerprint density at radius 2 is 1.77 bits per heavy atom. The minimum Gasteiger partial charge on any atom is -0.351 e. The molecule has 2 aromatic carbocycles. The van der Waals surface area contributed by atoms with Crippen molar-refractivity contribution in [3.8, 4) is 0 Å². The van der Waals surface area contributed by atoms with E-state index in [0.717, 1.165) is 26.6 Å². The molecule has 3 rings (SSSR count). The Morgan fingerprint density at radius 3 is 2.40 bits per heavy atom. The van der Waals surface area contributed by atoms with Gasteiger partial charge in [0.1, 0.15) is 0 Å². The van der Waals surface area contributed by atoms with Crippen molar-refractivity contribution < 1.29 is 13.2 Å². The van der Waals surface area contributed by atoms with E-state index >= 15 is 0 Å². The predicted molar refractivity (Wildman–Crippen MR) is 115 cm³/mol. The molecule has 1 amide bonds. The molecule has 0 aliphatic rings. The van der Waals surface area contributed by atoms with Gasteiger partial charge in [0, 0.05) is 26.0 Å². The van der Waals surface area contributed by atoms with E-state index in [4.69, 9.17) is 0 Å². The highest BCUT2D eigenvalue weighted by Gasteiger charge is 2.23. The summed E-state index contributed by atoms with van der Waals surface area (Å²) in [6.07, 6.45) is 3.64. The summed E-state index contributed by atoms with van der Waals surface area (Å²) in [4.78, 5) is 12.5. The maximum Gasteiger partial charge on any atom is 0.243 e. The van der Waals surface area contributed by atoms with Gasteiger partial charge in [-0.25, -0.2) is 8.42 Å². The van der Waals surface area contributed by atoms with Gasteiger partial charge in [-0.3, -0.25) is 9.48 Å². The lowest BCUT2D eigenvalue weighted by Crippen LogP contribution is -2.38. The predicted octanol–water partition coefficient (Wildman–Crippen LogP) is 2.49. The molecule has 8 heteroatoms. The third-order valence-corrected chi connectivity index (χ3v) is 6.77. The summed E-state index contributed by atoms with van der Waals surface area (Å²) < 4.78 is 28.3. The molecule has 0 aliphatic heterocycles. The van der Waals surface area contributed by atoms with Gasteiger partial charge in [-0.05, 0) is 54.3 Å². The second-order valence-electron chi connectivity index (χ2n) is 7.30. The Kier molecular flexibility index (Phi) is 6.69. The summed E-state index contributed by atoms with van der Waals surface area (Å²) >= 11 is 0. The van der Waals surface area contributed by atoms with Crippen LogP contribution in [0.5, 0.6) is 0 Å². The highest BCUT2D eigenvalue weighted by molar-refractivity contribution is 7.89. The van der Waals surface area contributed by atoms with Gasteiger partial charge in [0.2, 0.25) is 15.9 Å². The molecule has 158 valence electrons. The number of rotatable bonds is 8. The smallest absolute Gasteiger partial charge is 0.243 e. The largest absolute Gasteiger partial charge is 0.351 e. The number of aromatic nitrogens is 2. The summed E-state index contributed by atoms with van der Waals surface area (Å²) in [7, 11) is -2.31. The third kappa shape index (κ3) is 5.34. The van der Waals surface area contributed by atoms with Gasteiger partial charge in [0.25, 0.3) is 0 Å². The second-order valence-corrected chi connectivity index (χ2v) is 9.35. The summed E-state index contributed by atoms with van der Waals surface area (Å²) in [6.45, 7) is 4.56. The number of amides is 1. The van der Waals surface area contributed by atoms with Crippen LogP contribution in [0, 0.1) is 13.8 Å². The van der Waals surface area contributed by atoms with Gasteiger partial charge in [0.05, 0.1) is 18.0 Å². The maximum atomic E-state index is 12.7. The van der Waals surface area contributed by atoms with E-state index in [9.17, 15) is 13.2 Å². The van der Waals surface area contributed by atoms with Crippen LogP contribution in [0.4, 0.5) is 0 Å². The number of sulfonamides is 1. The molecule has 0 saturated heterocycles. The number of hydrogen-bond acceptors (Lipinski definition) is 4. The van der Waals surface area contributed by atoms with Gasteiger partial charge in [-0.1, -0.05) is 30.3 Å². The monoisotopic (exact) mass is 426 g/mol. The summed E-state index contributed by atoms with van der Waals surface area (Å²) in [6, 6.07) is 14.7. The molecule has 0 saturated carbocycles. The number of nitrogens with one attached hydrogen (secondary N) is 1. The van der Waals surface area contributed by atoms with Gasteiger partial charge in [-0.15, -0.1) is 0 Å². The zero-order valence-electron chi connectivity index (χ0n) is 17.4. The topological polar surface area (TPSA) is 84.3 Å². The third-order valence-electron chi connectivity index (χ3n) is 4.97. The van der Waals surface area contributed by atoms with E-state index in [-0.39, 0.29) is 17.3 Å². The molecule has 1 N–H and O–H groups in total. The average Bonchev–Trinajstić information content (AvgIpc) is 3.22. The van der Waals surface area contributed by atoms with Crippen LogP contribution >= 0.6 is 0 Å². The Hall–Kier alpha value is -2.97. The summed E-state index contributed by atoms with van der Waals surface area (Å²) in [5, 5.41) is 6.95. The van der Waals surface area contributed by atoms with Crippen molar-refractivity contribution in [3.63, 3.8) is 0 Å². The first-order chi connectivity index (χ1) is 14.3. The number of benzene rings is 2. The van der Waals surface area contributed by atoms with E-state index in [0.29, 0.717) is 13.1 Å². The lowest BCUT2D eigenvalue weighted by atomic mass is 10.1. The first-order valence-electron chi connectivity index (χ1n) is 9.61. The van der Waals surface area contributed by atoms with Crippen LogP contribution in [0.3, 0.4) is 0 Å². The van der Waals surface area contributed by atoms with E-state index in [1.807, 2.05) is 55.1 Å². The molecule has 0 bridgehead atoms. The van der Waals surface area contributed by atoms with Gasteiger partial charge in [0.15, 0.2) is 0 Å². The quantitative estimate of drug-likeness (QED) is 0.600. The molecule has 3 aromatic rings. The normalized spacial score (nSPS) is 11.6. The molecule has 0 atom stereocenters. The minimum absolute atomic E-state index is 0.189. The first kappa shape index (κ1) is 21.7. The Morgan fingerprint density at radius 1 is 1.07 bits per heavy atom. The minimum atomic E-state index is -3.72. The van der Waals surface area contributed by atoms with Gasteiger partial charge >= 0.3 is 0 Å². The van der Waals surface area contributed by atoms with Crippen LogP contribution < -0.4 is 5.32 Å². The van der Waals surface area contributed by atoms with Crippen molar-refractivity contribution in [2.75, 3.05) is 13.6 Å². The van der Waals surface area contributed by atoms with E-state index in [2.05, 4.69) is 10.4 Å². The van der Waals surface area contributed by atoms with Crippen LogP contribution in [0.2, 0.25) is 0 Å². The van der Waals surface area contributed by atoms with Crippen LogP contribution in [-0.2, 0) is 27.9 Å². The Bertz CT molecular complexity index is 1110. The highest BCUT2D eigenvalue weighted by Crippen LogP contribution is 2.18. The van der Waals surface area contributed by atoms with Crippen molar-refractivity contribution in [2.45, 2.75) is 31.8 Å². The van der Waals surface area contributed by atoms with Crippen molar-refractivity contribution in [1.82, 2.24) is 19.4 Å². The Labute approximate surface area is 177 Å². The summed E-state index contributed by atoms with van der Waals surface area (Å²) in [5.41, 5.74) is 3.95. The second kappa shape index (κ2) is 9.23. The SMILES string of the molecule is Cc1ccc(S(=O)(=O)N(C)CC(=O)NCc2ccc(Cn3cccn3)cc2)cc1C. The number of aryl methyl sites for hydroxylation is 2. The number of carbonyl (C=O) groups is 1. The van der Waals surface area contributed by atoms with Gasteiger partial charge in [-0.2, -0.15) is 9.40 Å². The molecule has 0 fully saturated rings. The molecule has 0 spiro atoms. The molecule has 7 nitrogen and oxygen atoms in total. The molecular formula is C22H26N4O3S. The maximum absolute atomic E-state index is 12.7. The van der Waals surface area contributed by atoms with Crippen molar-refractivity contribution in [1.29, 1.82) is 0 Å². The lowest BCUT2D eigenvalue weighted by molar-refractivity contribution is -0.121. The first-order valence-corrected chi connectivity index (χ1v) is 11.1. The van der Waals surface area contributed by atoms with Crippen LogP contribution in [0.25, 0.3) is 0 Å². The van der Waals surface area contributed by atoms with E-state index in [1.54, 1.807) is 24.4 Å². The zero-order chi connectivity index (χ0) is 21.7. The standard InChI is InChI=1S/C22H26N4O3S/c1-17-5-10-21(13-18(17)2)30(28,29)25(3)16-22(27)23-14-19-6-8-20(9-7-19)15-26-12-4-11-24-26/h4-13H,14-16H2,1-3H3,(H,23,27). The molecule has 30 heavy (non-hydrogen) atoms. The van der Waals surface area contributed by atoms with Crippen LogP contribution in [0.15, 0.2) is 65.8 Å². The fourth-order valence-corrected chi connectivity index (χ4v) is 4.15. The molecule has 1 heterocycles. The van der Waals surface area contributed by atoms with Crippen molar-refractivity contribution in [3.05, 3.63) is 83.2 Å². The van der Waals surface area contributed by atoms with Gasteiger partial charge < -0.3 is 5.32 Å². The Balaban J connectivity index is 1.54. The molecule has 0 radical (unpaired) electrons. The van der Waals surface area contributed by atoms with E-state index < -0.39 is 10.0 Å². The fourth-order valence-electron chi connectivity index (χ4n) is 2.94. The zero-order valence-corrected chi connectivity index (χ0v) is 18.2. The molecule has 1 aromatic heterocycles. The van der Waals surface area contributed by atoms with Crippen molar-refractivity contribution >= 4 is 15.9 Å².